The van der Waals surface area contributed by atoms with Crippen LogP contribution in [0.2, 0.25) is 0 Å². The Morgan fingerprint density at radius 3 is 1.68 bits per heavy atom. The van der Waals surface area contributed by atoms with E-state index >= 15 is 0 Å². The molecular formula is C50H31N5O. The highest BCUT2D eigenvalue weighted by Crippen LogP contribution is 2.40. The first-order valence-corrected chi connectivity index (χ1v) is 18.8. The van der Waals surface area contributed by atoms with Crippen LogP contribution < -0.4 is 0 Å². The highest BCUT2D eigenvalue weighted by atomic mass is 16.3. The lowest BCUT2D eigenvalue weighted by Crippen LogP contribution is -2.00. The van der Waals surface area contributed by atoms with Crippen molar-refractivity contribution in [2.24, 2.45) is 0 Å². The van der Waals surface area contributed by atoms with Crippen LogP contribution in [0, 0.1) is 0 Å². The fourth-order valence-electron chi connectivity index (χ4n) is 8.72. The lowest BCUT2D eigenvalue weighted by atomic mass is 10.0. The maximum Gasteiger partial charge on any atom is 0.137 e. The molecule has 4 aromatic heterocycles. The van der Waals surface area contributed by atoms with Crippen LogP contribution in [0.4, 0.5) is 0 Å². The summed E-state index contributed by atoms with van der Waals surface area (Å²) in [5.41, 5.74) is 13.3. The van der Waals surface area contributed by atoms with E-state index in [4.69, 9.17) is 14.7 Å². The summed E-state index contributed by atoms with van der Waals surface area (Å²) in [5, 5.41) is 16.5. The molecule has 0 unspecified atom stereocenters. The first-order chi connectivity index (χ1) is 27.8. The molecular weight excluding hydrogens is 687 g/mol. The van der Waals surface area contributed by atoms with Crippen molar-refractivity contribution in [3.63, 3.8) is 0 Å². The standard InChI is InChI=1S/C50H31N5O/c1-3-14-32(15-4-1)49-50(33-16-5-2-6-17-33)55(52-51-49)36-26-27-45-40(29-36)37-20-7-10-23-43(37)53(45)34-18-13-19-35(28-34)54-44-24-11-8-21-38(44)41-30-42-39-22-9-12-25-47(39)56-48(42)31-46(41)54/h1-31H. The Hall–Kier alpha value is -7.70. The molecule has 0 saturated carbocycles. The third-order valence-corrected chi connectivity index (χ3v) is 11.2. The lowest BCUT2D eigenvalue weighted by molar-refractivity contribution is 0.669. The Bertz CT molecular complexity index is 3480. The topological polar surface area (TPSA) is 53.7 Å². The van der Waals surface area contributed by atoms with Gasteiger partial charge in [0.05, 0.1) is 27.8 Å². The largest absolute Gasteiger partial charge is 0.456 e. The van der Waals surface area contributed by atoms with Gasteiger partial charge in [-0.2, -0.15) is 0 Å². The van der Waals surface area contributed by atoms with E-state index < -0.39 is 0 Å². The molecule has 0 bridgehead atoms. The number of aromatic nitrogens is 5. The monoisotopic (exact) mass is 717 g/mol. The van der Waals surface area contributed by atoms with Crippen molar-refractivity contribution in [1.82, 2.24) is 24.1 Å². The fourth-order valence-corrected chi connectivity index (χ4v) is 8.72. The van der Waals surface area contributed by atoms with Gasteiger partial charge in [0.1, 0.15) is 22.6 Å². The second kappa shape index (κ2) is 11.9. The van der Waals surface area contributed by atoms with Gasteiger partial charge in [-0.1, -0.05) is 127 Å². The second-order valence-electron chi connectivity index (χ2n) is 14.3. The third kappa shape index (κ3) is 4.50. The van der Waals surface area contributed by atoms with Crippen LogP contribution in [-0.4, -0.2) is 24.1 Å². The van der Waals surface area contributed by atoms with Gasteiger partial charge in [0.25, 0.3) is 0 Å². The number of fused-ring (bicyclic) bond motifs is 9. The zero-order valence-corrected chi connectivity index (χ0v) is 30.0. The van der Waals surface area contributed by atoms with Gasteiger partial charge < -0.3 is 13.6 Å². The molecule has 8 aromatic carbocycles. The third-order valence-electron chi connectivity index (χ3n) is 11.2. The molecule has 0 radical (unpaired) electrons. The van der Waals surface area contributed by atoms with Crippen LogP contribution >= 0.6 is 0 Å². The molecule has 0 spiro atoms. The predicted molar refractivity (Wildman–Crippen MR) is 228 cm³/mol. The molecule has 0 N–H and O–H groups in total. The van der Waals surface area contributed by atoms with Gasteiger partial charge >= 0.3 is 0 Å². The van der Waals surface area contributed by atoms with Crippen molar-refractivity contribution < 1.29 is 4.42 Å². The minimum absolute atomic E-state index is 0.849. The maximum atomic E-state index is 6.40. The molecule has 0 amide bonds. The van der Waals surface area contributed by atoms with E-state index in [1.54, 1.807) is 0 Å². The van der Waals surface area contributed by atoms with Crippen LogP contribution in [0.1, 0.15) is 0 Å². The summed E-state index contributed by atoms with van der Waals surface area (Å²) in [5.74, 6) is 0. The quantitative estimate of drug-likeness (QED) is 0.178. The molecule has 0 aliphatic heterocycles. The van der Waals surface area contributed by atoms with E-state index in [1.807, 2.05) is 41.1 Å². The summed E-state index contributed by atoms with van der Waals surface area (Å²) in [6.07, 6.45) is 0. The zero-order chi connectivity index (χ0) is 36.7. The van der Waals surface area contributed by atoms with Crippen molar-refractivity contribution in [3.8, 4) is 39.6 Å². The zero-order valence-electron chi connectivity index (χ0n) is 30.0. The van der Waals surface area contributed by atoms with Crippen molar-refractivity contribution in [2.75, 3.05) is 0 Å². The minimum atomic E-state index is 0.849. The Morgan fingerprint density at radius 2 is 0.946 bits per heavy atom. The van der Waals surface area contributed by atoms with E-state index in [-0.39, 0.29) is 0 Å². The number of hydrogen-bond acceptors (Lipinski definition) is 3. The van der Waals surface area contributed by atoms with Crippen LogP contribution in [0.3, 0.4) is 0 Å². The SMILES string of the molecule is c1ccc(-c2nnn(-c3ccc4c(c3)c3ccccc3n4-c3cccc(-n4c5ccccc5c5cc6c(cc54)oc4ccccc46)c3)c2-c2ccccc2)cc1. The van der Waals surface area contributed by atoms with Gasteiger partial charge in [0.2, 0.25) is 0 Å². The van der Waals surface area contributed by atoms with E-state index in [0.717, 1.165) is 89.0 Å². The molecule has 12 aromatic rings. The fraction of sp³-hybridized carbons (Fsp3) is 0. The van der Waals surface area contributed by atoms with Gasteiger partial charge in [-0.05, 0) is 60.7 Å². The maximum absolute atomic E-state index is 6.40. The molecule has 262 valence electrons. The van der Waals surface area contributed by atoms with Crippen LogP contribution in [0.25, 0.3) is 105 Å². The van der Waals surface area contributed by atoms with Gasteiger partial charge in [-0.15, -0.1) is 5.10 Å². The van der Waals surface area contributed by atoms with Crippen molar-refractivity contribution in [3.05, 3.63) is 188 Å². The summed E-state index contributed by atoms with van der Waals surface area (Å²) in [6.45, 7) is 0. The Morgan fingerprint density at radius 1 is 0.357 bits per heavy atom. The van der Waals surface area contributed by atoms with Gasteiger partial charge in [0.15, 0.2) is 0 Å². The van der Waals surface area contributed by atoms with E-state index in [2.05, 4.69) is 161 Å². The Labute approximate surface area is 320 Å². The van der Waals surface area contributed by atoms with Crippen LogP contribution in [0.5, 0.6) is 0 Å². The number of furan rings is 1. The van der Waals surface area contributed by atoms with Gasteiger partial charge in [0, 0.05) is 60.9 Å². The van der Waals surface area contributed by atoms with Crippen molar-refractivity contribution >= 4 is 65.6 Å². The molecule has 0 aliphatic carbocycles. The lowest BCUT2D eigenvalue weighted by Gasteiger charge is -2.13. The molecule has 4 heterocycles. The van der Waals surface area contributed by atoms with Crippen LogP contribution in [0.15, 0.2) is 192 Å². The van der Waals surface area contributed by atoms with Crippen LogP contribution in [-0.2, 0) is 0 Å². The number of rotatable bonds is 5. The first kappa shape index (κ1) is 30.7. The highest BCUT2D eigenvalue weighted by molar-refractivity contribution is 6.17. The molecule has 0 atom stereocenters. The highest BCUT2D eigenvalue weighted by Gasteiger charge is 2.21. The molecule has 0 fully saturated rings. The molecule has 12 rings (SSSR count). The number of para-hydroxylation sites is 3. The van der Waals surface area contributed by atoms with Crippen molar-refractivity contribution in [2.45, 2.75) is 0 Å². The summed E-state index contributed by atoms with van der Waals surface area (Å²) in [6, 6.07) is 66.3. The molecule has 6 heteroatoms. The predicted octanol–water partition coefficient (Wildman–Crippen LogP) is 12.7. The number of hydrogen-bond donors (Lipinski definition) is 0. The molecule has 0 aliphatic rings. The summed E-state index contributed by atoms with van der Waals surface area (Å²) < 4.78 is 13.1. The van der Waals surface area contributed by atoms with E-state index in [1.165, 1.54) is 16.2 Å². The average molecular weight is 718 g/mol. The van der Waals surface area contributed by atoms with E-state index in [9.17, 15) is 0 Å². The molecule has 6 nitrogen and oxygen atoms in total. The van der Waals surface area contributed by atoms with Gasteiger partial charge in [-0.3, -0.25) is 0 Å². The number of benzene rings is 8. The molecule has 56 heavy (non-hydrogen) atoms. The summed E-state index contributed by atoms with van der Waals surface area (Å²) >= 11 is 0. The smallest absolute Gasteiger partial charge is 0.137 e. The summed E-state index contributed by atoms with van der Waals surface area (Å²) in [4.78, 5) is 0. The molecule has 0 saturated heterocycles. The normalized spacial score (nSPS) is 11.9. The second-order valence-corrected chi connectivity index (χ2v) is 14.3. The van der Waals surface area contributed by atoms with Gasteiger partial charge in [-0.25, -0.2) is 4.68 Å². The average Bonchev–Trinajstić information content (AvgIpc) is 4.03. The minimum Gasteiger partial charge on any atom is -0.456 e. The first-order valence-electron chi connectivity index (χ1n) is 18.8. The Balaban J connectivity index is 1.05. The van der Waals surface area contributed by atoms with E-state index in [0.29, 0.717) is 0 Å². The summed E-state index contributed by atoms with van der Waals surface area (Å²) in [7, 11) is 0. The number of nitrogens with zero attached hydrogens (tertiary/aromatic N) is 5. The Kier molecular flexibility index (Phi) is 6.53. The van der Waals surface area contributed by atoms with Crippen molar-refractivity contribution in [1.29, 1.82) is 0 Å².